The number of rotatable bonds is 10. The SMILES string of the molecule is CC(Cc1ccc(OCCCC(=O)NC2=NCCCN2)cc1)NC(=O)OCC12CC3CC(CC(C3)C1)C2. The summed E-state index contributed by atoms with van der Waals surface area (Å²) in [7, 11) is 0. The molecule has 5 aliphatic rings. The molecule has 4 bridgehead atoms. The summed E-state index contributed by atoms with van der Waals surface area (Å²) >= 11 is 0. The maximum Gasteiger partial charge on any atom is 0.407 e. The number of benzene rings is 1. The quantitative estimate of drug-likeness (QED) is 0.410. The number of nitrogens with one attached hydrogen (secondary N) is 3. The molecular formula is C29H42N4O4. The van der Waals surface area contributed by atoms with Crippen LogP contribution in [0.15, 0.2) is 29.3 Å². The number of carbonyl (C=O) groups excluding carboxylic acids is 2. The minimum absolute atomic E-state index is 0.0163. The molecule has 1 aliphatic heterocycles. The number of amides is 2. The molecule has 1 atom stereocenters. The Hall–Kier alpha value is -2.77. The van der Waals surface area contributed by atoms with Crippen molar-refractivity contribution in [2.45, 2.75) is 77.2 Å². The van der Waals surface area contributed by atoms with Crippen LogP contribution < -0.4 is 20.7 Å². The van der Waals surface area contributed by atoms with Gasteiger partial charge in [-0.05, 0) is 100 Å². The minimum atomic E-state index is -0.293. The number of alkyl carbamates (subject to hydrolysis) is 1. The molecular weight excluding hydrogens is 468 g/mol. The molecule has 8 heteroatoms. The van der Waals surface area contributed by atoms with E-state index in [1.54, 1.807) is 0 Å². The number of ether oxygens (including phenoxy) is 2. The largest absolute Gasteiger partial charge is 0.494 e. The van der Waals surface area contributed by atoms with E-state index >= 15 is 0 Å². The fourth-order valence-electron chi connectivity index (χ4n) is 7.29. The molecule has 3 N–H and O–H groups in total. The lowest BCUT2D eigenvalue weighted by atomic mass is 9.50. The van der Waals surface area contributed by atoms with Crippen molar-refractivity contribution in [1.82, 2.24) is 16.0 Å². The molecule has 6 rings (SSSR count). The first kappa shape index (κ1) is 25.9. The number of hydrogen-bond donors (Lipinski definition) is 3. The van der Waals surface area contributed by atoms with Gasteiger partial charge in [0.1, 0.15) is 5.75 Å². The molecule has 4 aliphatic carbocycles. The maximum atomic E-state index is 12.5. The highest BCUT2D eigenvalue weighted by Gasteiger charge is 2.51. The number of guanidine groups is 1. The Morgan fingerprint density at radius 2 is 1.81 bits per heavy atom. The van der Waals surface area contributed by atoms with Gasteiger partial charge in [-0.2, -0.15) is 0 Å². The van der Waals surface area contributed by atoms with Crippen molar-refractivity contribution in [2.24, 2.45) is 28.2 Å². The molecule has 1 aromatic rings. The maximum absolute atomic E-state index is 12.5. The van der Waals surface area contributed by atoms with Crippen molar-refractivity contribution >= 4 is 18.0 Å². The van der Waals surface area contributed by atoms with Crippen LogP contribution in [0.1, 0.15) is 70.3 Å². The van der Waals surface area contributed by atoms with Gasteiger partial charge in [-0.25, -0.2) is 4.79 Å². The van der Waals surface area contributed by atoms with Gasteiger partial charge in [-0.1, -0.05) is 12.1 Å². The summed E-state index contributed by atoms with van der Waals surface area (Å²) in [6.45, 7) is 4.66. The molecule has 1 unspecified atom stereocenters. The fourth-order valence-corrected chi connectivity index (χ4v) is 7.29. The predicted octanol–water partition coefficient (Wildman–Crippen LogP) is 4.18. The van der Waals surface area contributed by atoms with E-state index in [0.717, 1.165) is 55.0 Å². The van der Waals surface area contributed by atoms with E-state index in [-0.39, 0.29) is 23.5 Å². The number of carbonyl (C=O) groups is 2. The molecule has 1 heterocycles. The number of aliphatic imine (C=N–C) groups is 1. The summed E-state index contributed by atoms with van der Waals surface area (Å²) in [5.74, 6) is 3.89. The first-order valence-electron chi connectivity index (χ1n) is 14.2. The van der Waals surface area contributed by atoms with Crippen LogP contribution in [0, 0.1) is 23.2 Å². The van der Waals surface area contributed by atoms with E-state index in [0.29, 0.717) is 32.0 Å². The highest BCUT2D eigenvalue weighted by atomic mass is 16.5. The Labute approximate surface area is 220 Å². The zero-order valence-corrected chi connectivity index (χ0v) is 22.1. The van der Waals surface area contributed by atoms with Crippen LogP contribution in [0.5, 0.6) is 5.75 Å². The van der Waals surface area contributed by atoms with Crippen LogP contribution >= 0.6 is 0 Å². The van der Waals surface area contributed by atoms with Gasteiger partial charge in [-0.3, -0.25) is 15.1 Å². The van der Waals surface area contributed by atoms with Crippen LogP contribution in [0.3, 0.4) is 0 Å². The van der Waals surface area contributed by atoms with Gasteiger partial charge in [0, 0.05) is 31.0 Å². The highest BCUT2D eigenvalue weighted by Crippen LogP contribution is 2.60. The molecule has 1 aromatic carbocycles. The van der Waals surface area contributed by atoms with E-state index in [4.69, 9.17) is 9.47 Å². The van der Waals surface area contributed by atoms with Crippen molar-refractivity contribution in [3.8, 4) is 5.75 Å². The molecule has 0 radical (unpaired) electrons. The van der Waals surface area contributed by atoms with Crippen molar-refractivity contribution < 1.29 is 19.1 Å². The molecule has 4 saturated carbocycles. The topological polar surface area (TPSA) is 101 Å². The van der Waals surface area contributed by atoms with Crippen molar-refractivity contribution in [3.63, 3.8) is 0 Å². The van der Waals surface area contributed by atoms with E-state index in [1.807, 2.05) is 31.2 Å². The van der Waals surface area contributed by atoms with E-state index in [9.17, 15) is 9.59 Å². The van der Waals surface area contributed by atoms with Gasteiger partial charge in [0.05, 0.1) is 13.2 Å². The second-order valence-electron chi connectivity index (χ2n) is 11.9. The van der Waals surface area contributed by atoms with Crippen LogP contribution in [-0.2, 0) is 16.0 Å². The first-order valence-corrected chi connectivity index (χ1v) is 14.2. The normalized spacial score (nSPS) is 28.6. The monoisotopic (exact) mass is 510 g/mol. The first-order chi connectivity index (χ1) is 17.9. The zero-order valence-electron chi connectivity index (χ0n) is 22.1. The van der Waals surface area contributed by atoms with Crippen molar-refractivity contribution in [2.75, 3.05) is 26.3 Å². The van der Waals surface area contributed by atoms with Crippen LogP contribution in [0.25, 0.3) is 0 Å². The third kappa shape index (κ3) is 7.17. The molecule has 2 amide bonds. The standard InChI is InChI=1S/C29H42N4O4/c1-20(32-28(35)37-19-29-16-22-13-23(17-29)15-24(14-22)18-29)12-21-5-7-25(8-6-21)36-11-2-4-26(34)33-27-30-9-3-10-31-27/h5-8,20,22-24H,2-4,9-19H2,1H3,(H,32,35)(H2,30,31,33,34). The number of nitrogens with zero attached hydrogens (tertiary/aromatic N) is 1. The molecule has 0 aromatic heterocycles. The molecule has 4 fully saturated rings. The summed E-state index contributed by atoms with van der Waals surface area (Å²) in [6, 6.07) is 7.90. The summed E-state index contributed by atoms with van der Waals surface area (Å²) in [6.07, 6.45) is 10.4. The highest BCUT2D eigenvalue weighted by molar-refractivity contribution is 5.97. The second-order valence-corrected chi connectivity index (χ2v) is 11.9. The van der Waals surface area contributed by atoms with E-state index in [1.165, 1.54) is 38.5 Å². The zero-order chi connectivity index (χ0) is 25.7. The lowest BCUT2D eigenvalue weighted by molar-refractivity contribution is -0.119. The third-order valence-corrected chi connectivity index (χ3v) is 8.48. The second kappa shape index (κ2) is 11.7. The minimum Gasteiger partial charge on any atom is -0.494 e. The van der Waals surface area contributed by atoms with Gasteiger partial charge >= 0.3 is 6.09 Å². The van der Waals surface area contributed by atoms with Gasteiger partial charge < -0.3 is 20.1 Å². The Kier molecular flexibility index (Phi) is 8.20. The lowest BCUT2D eigenvalue weighted by Crippen LogP contribution is -2.49. The average molecular weight is 511 g/mol. The van der Waals surface area contributed by atoms with Gasteiger partial charge in [0.2, 0.25) is 5.91 Å². The lowest BCUT2D eigenvalue weighted by Gasteiger charge is -2.56. The molecule has 8 nitrogen and oxygen atoms in total. The predicted molar refractivity (Wildman–Crippen MR) is 142 cm³/mol. The smallest absolute Gasteiger partial charge is 0.407 e. The summed E-state index contributed by atoms with van der Waals surface area (Å²) < 4.78 is 11.5. The Balaban J connectivity index is 0.968. The Bertz CT molecular complexity index is 941. The van der Waals surface area contributed by atoms with E-state index in [2.05, 4.69) is 20.9 Å². The summed E-state index contributed by atoms with van der Waals surface area (Å²) in [4.78, 5) is 28.8. The Morgan fingerprint density at radius 1 is 1.11 bits per heavy atom. The van der Waals surface area contributed by atoms with Crippen molar-refractivity contribution in [3.05, 3.63) is 29.8 Å². The van der Waals surface area contributed by atoms with Crippen LogP contribution in [0.2, 0.25) is 0 Å². The summed E-state index contributed by atoms with van der Waals surface area (Å²) in [5.41, 5.74) is 1.37. The Morgan fingerprint density at radius 3 is 2.46 bits per heavy atom. The molecule has 202 valence electrons. The molecule has 0 spiro atoms. The van der Waals surface area contributed by atoms with Gasteiger partial charge in [-0.15, -0.1) is 0 Å². The van der Waals surface area contributed by atoms with Crippen LogP contribution in [0.4, 0.5) is 4.79 Å². The molecule has 37 heavy (non-hydrogen) atoms. The van der Waals surface area contributed by atoms with E-state index < -0.39 is 0 Å². The number of hydrogen-bond acceptors (Lipinski definition) is 6. The third-order valence-electron chi connectivity index (χ3n) is 8.48. The average Bonchev–Trinajstić information content (AvgIpc) is 2.86. The van der Waals surface area contributed by atoms with Gasteiger partial charge in [0.15, 0.2) is 5.96 Å². The van der Waals surface area contributed by atoms with Crippen molar-refractivity contribution in [1.29, 1.82) is 0 Å². The fraction of sp³-hybridized carbons (Fsp3) is 0.690. The summed E-state index contributed by atoms with van der Waals surface area (Å²) in [5, 5.41) is 8.89. The van der Waals surface area contributed by atoms with Gasteiger partial charge in [0.25, 0.3) is 0 Å². The molecule has 0 saturated heterocycles. The van der Waals surface area contributed by atoms with Crippen LogP contribution in [-0.4, -0.2) is 50.3 Å².